The van der Waals surface area contributed by atoms with Gasteiger partial charge in [0.05, 0.1) is 17.9 Å². The van der Waals surface area contributed by atoms with E-state index in [4.69, 9.17) is 0 Å². The Morgan fingerprint density at radius 1 is 1.24 bits per heavy atom. The summed E-state index contributed by atoms with van der Waals surface area (Å²) in [5.74, 6) is 1.04. The largest absolute Gasteiger partial charge is 0.388 e. The Balaban J connectivity index is 1.53. The van der Waals surface area contributed by atoms with E-state index in [-0.39, 0.29) is 18.0 Å². The zero-order chi connectivity index (χ0) is 20.8. The van der Waals surface area contributed by atoms with Crippen LogP contribution in [0.2, 0.25) is 0 Å². The molecule has 3 aliphatic rings. The van der Waals surface area contributed by atoms with Crippen molar-refractivity contribution in [1.29, 1.82) is 0 Å². The molecule has 1 aliphatic carbocycles. The van der Waals surface area contributed by atoms with Crippen LogP contribution >= 0.6 is 0 Å². The van der Waals surface area contributed by atoms with Gasteiger partial charge in [-0.15, -0.1) is 0 Å². The van der Waals surface area contributed by atoms with E-state index in [0.717, 1.165) is 18.4 Å². The minimum absolute atomic E-state index is 0.00390. The summed E-state index contributed by atoms with van der Waals surface area (Å²) in [6, 6.07) is -0.192. The van der Waals surface area contributed by atoms with E-state index < -0.39 is 15.6 Å². The number of piperidine rings is 1. The fraction of sp³-hybridized carbons (Fsp3) is 0.737. The number of aryl methyl sites for hydroxylation is 1. The summed E-state index contributed by atoms with van der Waals surface area (Å²) in [5.41, 5.74) is 0.00567. The maximum atomic E-state index is 12.7. The highest BCUT2D eigenvalue weighted by molar-refractivity contribution is 7.88. The number of anilines is 2. The predicted octanol–water partition coefficient (Wildman–Crippen LogP) is 0.895. The van der Waals surface area contributed by atoms with E-state index in [1.165, 1.54) is 10.6 Å². The third-order valence-electron chi connectivity index (χ3n) is 6.39. The van der Waals surface area contributed by atoms with Crippen LogP contribution in [0.3, 0.4) is 0 Å². The third-order valence-corrected chi connectivity index (χ3v) is 7.70. The maximum Gasteiger partial charge on any atom is 0.228 e. The molecule has 0 radical (unpaired) electrons. The molecule has 0 aromatic carbocycles. The quantitative estimate of drug-likeness (QED) is 0.739. The first-order valence-corrected chi connectivity index (χ1v) is 12.1. The molecule has 1 aromatic rings. The van der Waals surface area contributed by atoms with E-state index in [1.54, 1.807) is 18.0 Å². The first-order chi connectivity index (χ1) is 13.6. The number of nitrogens with one attached hydrogen (secondary N) is 1. The van der Waals surface area contributed by atoms with Gasteiger partial charge in [-0.2, -0.15) is 4.98 Å². The second-order valence-electron chi connectivity index (χ2n) is 8.65. The summed E-state index contributed by atoms with van der Waals surface area (Å²) < 4.78 is 24.8. The van der Waals surface area contributed by atoms with Crippen molar-refractivity contribution in [3.63, 3.8) is 0 Å². The molecule has 2 fully saturated rings. The first-order valence-electron chi connectivity index (χ1n) is 10.3. The van der Waals surface area contributed by atoms with Crippen LogP contribution in [-0.2, 0) is 21.2 Å². The number of carbonyl (C=O) groups excluding carboxylic acids is 1. The highest BCUT2D eigenvalue weighted by atomic mass is 32.2. The zero-order valence-electron chi connectivity index (χ0n) is 17.0. The highest BCUT2D eigenvalue weighted by Gasteiger charge is 2.45. The number of aliphatic hydroxyl groups is 1. The maximum absolute atomic E-state index is 12.7. The Hall–Kier alpha value is -1.78. The summed E-state index contributed by atoms with van der Waals surface area (Å²) in [7, 11) is -3.16. The number of nitrogens with zero attached hydrogens (tertiary/aromatic N) is 4. The molecule has 2 aliphatic heterocycles. The van der Waals surface area contributed by atoms with Crippen LogP contribution in [0.4, 0.5) is 11.8 Å². The molecule has 1 saturated heterocycles. The van der Waals surface area contributed by atoms with Crippen molar-refractivity contribution >= 4 is 27.7 Å². The lowest BCUT2D eigenvalue weighted by Gasteiger charge is -2.39. The Kier molecular flexibility index (Phi) is 5.28. The SMILES string of the molecule is CC1(O)CCCC1N1C(=O)CCc2cnc(NC3CCN(S(C)(=O)=O)CC3)nc21. The standard InChI is InChI=1S/C19H29N5O4S/c1-19(26)9-3-4-15(19)24-16(25)6-5-13-12-20-18(22-17(13)24)21-14-7-10-23(11-8-14)29(2,27)28/h12,14-15,26H,3-11H2,1-2H3,(H,20,21,22). The van der Waals surface area contributed by atoms with Gasteiger partial charge in [0.15, 0.2) is 0 Å². The van der Waals surface area contributed by atoms with Crippen LogP contribution in [-0.4, -0.2) is 70.7 Å². The van der Waals surface area contributed by atoms with Crippen LogP contribution < -0.4 is 10.2 Å². The number of carbonyl (C=O) groups is 1. The Bertz CT molecular complexity index is 896. The molecule has 1 amide bonds. The lowest BCUT2D eigenvalue weighted by molar-refractivity contribution is -0.120. The van der Waals surface area contributed by atoms with Crippen molar-refractivity contribution in [2.45, 2.75) is 69.6 Å². The molecule has 9 nitrogen and oxygen atoms in total. The second kappa shape index (κ2) is 7.48. The van der Waals surface area contributed by atoms with Crippen molar-refractivity contribution in [2.24, 2.45) is 0 Å². The fourth-order valence-corrected chi connectivity index (χ4v) is 5.58. The number of hydrogen-bond donors (Lipinski definition) is 2. The Morgan fingerprint density at radius 2 is 1.97 bits per heavy atom. The van der Waals surface area contributed by atoms with Gasteiger partial charge in [0.2, 0.25) is 21.9 Å². The van der Waals surface area contributed by atoms with Crippen molar-refractivity contribution in [2.75, 3.05) is 29.6 Å². The van der Waals surface area contributed by atoms with Gasteiger partial charge in [-0.3, -0.25) is 9.69 Å². The predicted molar refractivity (Wildman–Crippen MR) is 109 cm³/mol. The van der Waals surface area contributed by atoms with E-state index in [1.807, 2.05) is 0 Å². The molecule has 4 rings (SSSR count). The summed E-state index contributed by atoms with van der Waals surface area (Å²) in [6.07, 6.45) is 7.66. The topological polar surface area (TPSA) is 116 Å². The normalized spacial score (nSPS) is 29.1. The molecular formula is C19H29N5O4S. The Morgan fingerprint density at radius 3 is 2.59 bits per heavy atom. The highest BCUT2D eigenvalue weighted by Crippen LogP contribution is 2.39. The Labute approximate surface area is 171 Å². The number of rotatable bonds is 4. The van der Waals surface area contributed by atoms with Crippen LogP contribution in [0.5, 0.6) is 0 Å². The van der Waals surface area contributed by atoms with Crippen LogP contribution in [0.15, 0.2) is 6.20 Å². The molecule has 3 heterocycles. The van der Waals surface area contributed by atoms with Crippen molar-refractivity contribution in [3.8, 4) is 0 Å². The van der Waals surface area contributed by atoms with Crippen LogP contribution in [0.1, 0.15) is 51.0 Å². The average Bonchev–Trinajstić information content (AvgIpc) is 3.00. The van der Waals surface area contributed by atoms with Gasteiger partial charge in [-0.05, 0) is 45.4 Å². The monoisotopic (exact) mass is 423 g/mol. The van der Waals surface area contributed by atoms with E-state index in [0.29, 0.717) is 57.0 Å². The van der Waals surface area contributed by atoms with Gasteiger partial charge in [-0.1, -0.05) is 0 Å². The molecule has 2 unspecified atom stereocenters. The summed E-state index contributed by atoms with van der Waals surface area (Å²) >= 11 is 0. The number of sulfonamides is 1. The van der Waals surface area contributed by atoms with Crippen molar-refractivity contribution < 1.29 is 18.3 Å². The molecule has 0 spiro atoms. The molecule has 2 N–H and O–H groups in total. The minimum atomic E-state index is -3.16. The van der Waals surface area contributed by atoms with Crippen LogP contribution in [0, 0.1) is 0 Å². The number of aromatic nitrogens is 2. The lowest BCUT2D eigenvalue weighted by Crippen LogP contribution is -2.52. The number of hydrogen-bond acceptors (Lipinski definition) is 7. The molecule has 29 heavy (non-hydrogen) atoms. The first kappa shape index (κ1) is 20.5. The van der Waals surface area contributed by atoms with Gasteiger partial charge >= 0.3 is 0 Å². The molecule has 1 saturated carbocycles. The number of fused-ring (bicyclic) bond motifs is 1. The third kappa shape index (κ3) is 4.10. The summed E-state index contributed by atoms with van der Waals surface area (Å²) in [6.45, 7) is 2.73. The van der Waals surface area contributed by atoms with Crippen LogP contribution in [0.25, 0.3) is 0 Å². The van der Waals surface area contributed by atoms with Gasteiger partial charge in [0.1, 0.15) is 5.82 Å². The molecule has 10 heteroatoms. The van der Waals surface area contributed by atoms with E-state index in [2.05, 4.69) is 15.3 Å². The molecular weight excluding hydrogens is 394 g/mol. The average molecular weight is 424 g/mol. The van der Waals surface area contributed by atoms with Gasteiger partial charge < -0.3 is 10.4 Å². The molecule has 160 valence electrons. The second-order valence-corrected chi connectivity index (χ2v) is 10.6. The molecule has 1 aromatic heterocycles. The summed E-state index contributed by atoms with van der Waals surface area (Å²) in [5, 5.41) is 14.1. The minimum Gasteiger partial charge on any atom is -0.388 e. The fourth-order valence-electron chi connectivity index (χ4n) is 4.71. The van der Waals surface area contributed by atoms with E-state index >= 15 is 0 Å². The van der Waals surface area contributed by atoms with E-state index in [9.17, 15) is 18.3 Å². The smallest absolute Gasteiger partial charge is 0.228 e. The van der Waals surface area contributed by atoms with Crippen molar-refractivity contribution in [3.05, 3.63) is 11.8 Å². The van der Waals surface area contributed by atoms with Gasteiger partial charge in [-0.25, -0.2) is 17.7 Å². The lowest BCUT2D eigenvalue weighted by atomic mass is 9.95. The van der Waals surface area contributed by atoms with Crippen molar-refractivity contribution in [1.82, 2.24) is 14.3 Å². The molecule has 0 bridgehead atoms. The zero-order valence-corrected chi connectivity index (χ0v) is 17.8. The van der Waals surface area contributed by atoms with Gasteiger partial charge in [0.25, 0.3) is 0 Å². The summed E-state index contributed by atoms with van der Waals surface area (Å²) in [4.78, 5) is 23.5. The van der Waals surface area contributed by atoms with Gasteiger partial charge in [0, 0.05) is 37.3 Å². The number of amides is 1. The molecule has 2 atom stereocenters.